The molecule has 1 N–H and O–H groups in total. The smallest absolute Gasteiger partial charge is 0.0591 e. The third kappa shape index (κ3) is 2.26. The van der Waals surface area contributed by atoms with Gasteiger partial charge in [0.05, 0.1) is 6.04 Å². The van der Waals surface area contributed by atoms with Gasteiger partial charge in [-0.3, -0.25) is 0 Å². The highest BCUT2D eigenvalue weighted by Gasteiger charge is 2.17. The summed E-state index contributed by atoms with van der Waals surface area (Å²) in [6, 6.07) is 15.7. The lowest BCUT2D eigenvalue weighted by Crippen LogP contribution is -2.18. The molecule has 1 atom stereocenters. The summed E-state index contributed by atoms with van der Waals surface area (Å²) in [7, 11) is 2.04. The van der Waals surface area contributed by atoms with Crippen LogP contribution < -0.4 is 5.32 Å². The molecule has 2 heteroatoms. The minimum Gasteiger partial charge on any atom is -0.309 e. The number of aryl methyl sites for hydroxylation is 2. The summed E-state index contributed by atoms with van der Waals surface area (Å²) < 4.78 is 1.38. The minimum atomic E-state index is 0.248. The van der Waals surface area contributed by atoms with Crippen molar-refractivity contribution in [3.63, 3.8) is 0 Å². The largest absolute Gasteiger partial charge is 0.309 e. The summed E-state index contributed by atoms with van der Waals surface area (Å²) in [6.45, 7) is 4.34. The standard InChI is InChI=1S/C18H19NS/c1-12-7-8-15(13(2)11-12)17(19-3)16-6-4-5-14-9-10-20-18(14)16/h4-11,17,19H,1-3H3. The molecule has 1 aromatic heterocycles. The van der Waals surface area contributed by atoms with Crippen molar-refractivity contribution in [2.24, 2.45) is 0 Å². The van der Waals surface area contributed by atoms with Gasteiger partial charge < -0.3 is 5.32 Å². The molecule has 0 aliphatic carbocycles. The Morgan fingerprint density at radius 3 is 2.60 bits per heavy atom. The Morgan fingerprint density at radius 1 is 1.00 bits per heavy atom. The molecule has 0 spiro atoms. The molecule has 1 unspecified atom stereocenters. The van der Waals surface area contributed by atoms with E-state index < -0.39 is 0 Å². The predicted molar refractivity (Wildman–Crippen MR) is 88.6 cm³/mol. The van der Waals surface area contributed by atoms with Gasteiger partial charge in [-0.25, -0.2) is 0 Å². The first-order chi connectivity index (χ1) is 9.70. The molecule has 3 rings (SSSR count). The van der Waals surface area contributed by atoms with E-state index in [1.807, 2.05) is 18.4 Å². The first kappa shape index (κ1) is 13.3. The zero-order valence-electron chi connectivity index (χ0n) is 12.1. The molecule has 1 nitrogen and oxygen atoms in total. The third-order valence-corrected chi connectivity index (χ3v) is 4.82. The Hall–Kier alpha value is -1.64. The fourth-order valence-electron chi connectivity index (χ4n) is 2.87. The van der Waals surface area contributed by atoms with Crippen LogP contribution in [0.4, 0.5) is 0 Å². The molecular formula is C18H19NS. The van der Waals surface area contributed by atoms with Gasteiger partial charge >= 0.3 is 0 Å². The number of benzene rings is 2. The zero-order chi connectivity index (χ0) is 14.1. The normalized spacial score (nSPS) is 12.8. The summed E-state index contributed by atoms with van der Waals surface area (Å²) in [4.78, 5) is 0. The van der Waals surface area contributed by atoms with Gasteiger partial charge in [0.25, 0.3) is 0 Å². The van der Waals surface area contributed by atoms with E-state index in [0.717, 1.165) is 0 Å². The maximum absolute atomic E-state index is 3.48. The predicted octanol–water partition coefficient (Wildman–Crippen LogP) is 4.83. The van der Waals surface area contributed by atoms with Gasteiger partial charge in [-0.05, 0) is 54.4 Å². The van der Waals surface area contributed by atoms with Gasteiger partial charge in [0.2, 0.25) is 0 Å². The van der Waals surface area contributed by atoms with Crippen LogP contribution in [-0.4, -0.2) is 7.05 Å². The van der Waals surface area contributed by atoms with E-state index in [0.29, 0.717) is 0 Å². The lowest BCUT2D eigenvalue weighted by molar-refractivity contribution is 0.693. The maximum Gasteiger partial charge on any atom is 0.0591 e. The van der Waals surface area contributed by atoms with Crippen molar-refractivity contribution in [3.8, 4) is 0 Å². The lowest BCUT2D eigenvalue weighted by atomic mass is 9.93. The molecule has 0 amide bonds. The molecule has 3 aromatic rings. The molecule has 1 heterocycles. The van der Waals surface area contributed by atoms with E-state index in [1.54, 1.807) is 0 Å². The van der Waals surface area contributed by atoms with Crippen molar-refractivity contribution in [2.75, 3.05) is 7.05 Å². The quantitative estimate of drug-likeness (QED) is 0.725. The van der Waals surface area contributed by atoms with Crippen molar-refractivity contribution in [1.82, 2.24) is 5.32 Å². The minimum absolute atomic E-state index is 0.248. The SMILES string of the molecule is CNC(c1ccc(C)cc1C)c1cccc2ccsc12. The lowest BCUT2D eigenvalue weighted by Gasteiger charge is -2.20. The highest BCUT2D eigenvalue weighted by Crippen LogP contribution is 2.33. The van der Waals surface area contributed by atoms with Crippen molar-refractivity contribution in [2.45, 2.75) is 19.9 Å². The molecular weight excluding hydrogens is 262 g/mol. The Bertz CT molecular complexity index is 742. The monoisotopic (exact) mass is 281 g/mol. The maximum atomic E-state index is 3.48. The van der Waals surface area contributed by atoms with Gasteiger partial charge in [0, 0.05) is 4.70 Å². The average molecular weight is 281 g/mol. The summed E-state index contributed by atoms with van der Waals surface area (Å²) >= 11 is 1.82. The van der Waals surface area contributed by atoms with Crippen molar-refractivity contribution >= 4 is 21.4 Å². The van der Waals surface area contributed by atoms with E-state index in [9.17, 15) is 0 Å². The zero-order valence-corrected chi connectivity index (χ0v) is 12.9. The number of thiophene rings is 1. The number of rotatable bonds is 3. The number of hydrogen-bond acceptors (Lipinski definition) is 2. The van der Waals surface area contributed by atoms with E-state index in [4.69, 9.17) is 0 Å². The third-order valence-electron chi connectivity index (χ3n) is 3.85. The molecule has 2 aromatic carbocycles. The van der Waals surface area contributed by atoms with Crippen LogP contribution >= 0.6 is 11.3 Å². The first-order valence-electron chi connectivity index (χ1n) is 6.91. The van der Waals surface area contributed by atoms with E-state index in [1.165, 1.54) is 32.3 Å². The van der Waals surface area contributed by atoms with Gasteiger partial charge in [-0.15, -0.1) is 11.3 Å². The van der Waals surface area contributed by atoms with Crippen LogP contribution in [0.2, 0.25) is 0 Å². The molecule has 0 fully saturated rings. The Labute approximate surface area is 124 Å². The number of fused-ring (bicyclic) bond motifs is 1. The molecule has 20 heavy (non-hydrogen) atoms. The molecule has 0 bridgehead atoms. The second kappa shape index (κ2) is 5.39. The van der Waals surface area contributed by atoms with Gasteiger partial charge in [0.15, 0.2) is 0 Å². The Morgan fingerprint density at radius 2 is 1.85 bits per heavy atom. The average Bonchev–Trinajstić information content (AvgIpc) is 2.91. The van der Waals surface area contributed by atoms with Crippen molar-refractivity contribution < 1.29 is 0 Å². The first-order valence-corrected chi connectivity index (χ1v) is 7.79. The van der Waals surface area contributed by atoms with Crippen LogP contribution in [0.25, 0.3) is 10.1 Å². The van der Waals surface area contributed by atoms with Crippen LogP contribution in [0.15, 0.2) is 47.8 Å². The van der Waals surface area contributed by atoms with Crippen molar-refractivity contribution in [3.05, 3.63) is 70.1 Å². The molecule has 0 radical (unpaired) electrons. The number of hydrogen-bond donors (Lipinski definition) is 1. The van der Waals surface area contributed by atoms with Crippen LogP contribution in [0.3, 0.4) is 0 Å². The van der Waals surface area contributed by atoms with Crippen molar-refractivity contribution in [1.29, 1.82) is 0 Å². The highest BCUT2D eigenvalue weighted by atomic mass is 32.1. The fourth-order valence-corrected chi connectivity index (χ4v) is 3.82. The molecule has 0 aliphatic rings. The van der Waals surface area contributed by atoms with Crippen LogP contribution in [0.5, 0.6) is 0 Å². The Balaban J connectivity index is 2.16. The Kier molecular flexibility index (Phi) is 3.60. The topological polar surface area (TPSA) is 12.0 Å². The summed E-state index contributed by atoms with van der Waals surface area (Å²) in [5.41, 5.74) is 5.39. The second-order valence-electron chi connectivity index (χ2n) is 5.27. The summed E-state index contributed by atoms with van der Waals surface area (Å²) in [5, 5.41) is 6.98. The van der Waals surface area contributed by atoms with Gasteiger partial charge in [-0.2, -0.15) is 0 Å². The van der Waals surface area contributed by atoms with E-state index >= 15 is 0 Å². The van der Waals surface area contributed by atoms with Crippen LogP contribution in [0.1, 0.15) is 28.3 Å². The van der Waals surface area contributed by atoms with E-state index in [2.05, 4.69) is 67.0 Å². The van der Waals surface area contributed by atoms with Gasteiger partial charge in [0.1, 0.15) is 0 Å². The van der Waals surface area contributed by atoms with Crippen LogP contribution in [0, 0.1) is 13.8 Å². The molecule has 0 saturated heterocycles. The number of nitrogens with one attached hydrogen (secondary N) is 1. The summed E-state index contributed by atoms with van der Waals surface area (Å²) in [5.74, 6) is 0. The van der Waals surface area contributed by atoms with Gasteiger partial charge in [-0.1, -0.05) is 42.0 Å². The summed E-state index contributed by atoms with van der Waals surface area (Å²) in [6.07, 6.45) is 0. The fraction of sp³-hybridized carbons (Fsp3) is 0.222. The highest BCUT2D eigenvalue weighted by molar-refractivity contribution is 7.17. The second-order valence-corrected chi connectivity index (χ2v) is 6.18. The molecule has 0 aliphatic heterocycles. The van der Waals surface area contributed by atoms with E-state index in [-0.39, 0.29) is 6.04 Å². The molecule has 102 valence electrons. The molecule has 0 saturated carbocycles. The van der Waals surface area contributed by atoms with Crippen LogP contribution in [-0.2, 0) is 0 Å².